The lowest BCUT2D eigenvalue weighted by molar-refractivity contribution is -0.144. The van der Waals surface area contributed by atoms with Crippen LogP contribution in [0.3, 0.4) is 0 Å². The summed E-state index contributed by atoms with van der Waals surface area (Å²) in [7, 11) is 0. The second kappa shape index (κ2) is 7.92. The topological polar surface area (TPSA) is 71.9 Å². The summed E-state index contributed by atoms with van der Waals surface area (Å²) < 4.78 is 10.7. The average molecular weight is 274 g/mol. The lowest BCUT2D eigenvalue weighted by atomic mass is 10.1. The van der Waals surface area contributed by atoms with Crippen molar-refractivity contribution in [2.45, 2.75) is 32.5 Å². The van der Waals surface area contributed by atoms with Crippen LogP contribution >= 0.6 is 0 Å². The Balaban J connectivity index is 2.43. The first-order chi connectivity index (χ1) is 9.52. The van der Waals surface area contributed by atoms with Gasteiger partial charge in [0, 0.05) is 12.0 Å². The van der Waals surface area contributed by atoms with Gasteiger partial charge in [-0.2, -0.15) is 4.79 Å². The van der Waals surface area contributed by atoms with E-state index in [0.717, 1.165) is 5.56 Å². The number of esters is 1. The molecule has 0 heterocycles. The van der Waals surface area contributed by atoms with Crippen LogP contribution in [0, 0.1) is 0 Å². The third-order valence-electron chi connectivity index (χ3n) is 2.58. The number of rotatable bonds is 7. The first-order valence-electron chi connectivity index (χ1n) is 6.32. The maximum atomic E-state index is 11.1. The van der Waals surface area contributed by atoms with Crippen LogP contribution in [0.15, 0.2) is 36.9 Å². The quantitative estimate of drug-likeness (QED) is 0.252. The third-order valence-corrected chi connectivity index (χ3v) is 2.58. The molecule has 0 aromatic heterocycles. The van der Waals surface area contributed by atoms with Crippen LogP contribution in [0.1, 0.15) is 25.8 Å². The molecule has 5 nitrogen and oxygen atoms in total. The third kappa shape index (κ3) is 5.50. The molecule has 0 spiro atoms. The monoisotopic (exact) mass is 274 g/mol. The molecule has 1 aromatic carbocycles. The molecule has 0 aliphatic heterocycles. The van der Waals surface area contributed by atoms with Crippen LogP contribution in [0.4, 0.5) is 0 Å². The molecular weight excluding hydrogens is 256 g/mol. The number of benzene rings is 1. The fourth-order valence-electron chi connectivity index (χ4n) is 1.77. The van der Waals surface area contributed by atoms with E-state index in [2.05, 4.69) is 11.4 Å². The van der Waals surface area contributed by atoms with Crippen molar-refractivity contribution in [2.24, 2.45) is 0 Å². The predicted molar refractivity (Wildman–Crippen MR) is 75.9 cm³/mol. The summed E-state index contributed by atoms with van der Waals surface area (Å²) in [5, 5.41) is 0. The van der Waals surface area contributed by atoms with Crippen LogP contribution in [-0.2, 0) is 14.3 Å². The van der Waals surface area contributed by atoms with Gasteiger partial charge in [0.2, 0.25) is 0 Å². The number of hydrogen-bond acceptors (Lipinski definition) is 3. The van der Waals surface area contributed by atoms with E-state index < -0.39 is 5.97 Å². The van der Waals surface area contributed by atoms with Gasteiger partial charge in [-0.05, 0) is 13.8 Å². The first-order valence-corrected chi connectivity index (χ1v) is 6.32. The molecule has 20 heavy (non-hydrogen) atoms. The molecule has 5 heteroatoms. The van der Waals surface area contributed by atoms with E-state index in [1.165, 1.54) is 0 Å². The highest BCUT2D eigenvalue weighted by Crippen LogP contribution is 2.17. The molecule has 2 atom stereocenters. The minimum absolute atomic E-state index is 0.156. The fraction of sp³-hybridized carbons (Fsp3) is 0.333. The van der Waals surface area contributed by atoms with Gasteiger partial charge in [0.05, 0.1) is 6.10 Å². The number of carbonyl (C=O) groups excluding carboxylic acids is 1. The largest absolute Gasteiger partial charge is 0.491 e. The Morgan fingerprint density at radius 1 is 1.30 bits per heavy atom. The zero-order chi connectivity index (χ0) is 15.0. The van der Waals surface area contributed by atoms with Crippen molar-refractivity contribution in [3.63, 3.8) is 0 Å². The Bertz CT molecular complexity index is 507. The molecule has 0 N–H and O–H groups in total. The Morgan fingerprint density at radius 3 is 2.50 bits per heavy atom. The van der Waals surface area contributed by atoms with E-state index in [9.17, 15) is 4.79 Å². The van der Waals surface area contributed by atoms with Gasteiger partial charge in [-0.25, -0.2) is 4.79 Å². The SMILES string of the molecule is C=C(O[C@H](C)C[C@@H](C)OC(=O)C=[N+]=[N-])c1ccccc1. The minimum Gasteiger partial charge on any atom is -0.491 e. The average Bonchev–Trinajstić information content (AvgIpc) is 2.39. The van der Waals surface area contributed by atoms with Gasteiger partial charge in [-0.15, -0.1) is 0 Å². The van der Waals surface area contributed by atoms with Crippen LogP contribution in [0.5, 0.6) is 0 Å². The minimum atomic E-state index is -0.686. The maximum absolute atomic E-state index is 11.1. The standard InChI is InChI=1S/C15H18N2O3/c1-11(9-12(2)20-15(18)10-17-16)19-13(3)14-7-5-4-6-8-14/h4-8,10-12H,3,9H2,1-2H3/t11-,12-/m1/s1. The van der Waals surface area contributed by atoms with Crippen molar-refractivity contribution in [1.29, 1.82) is 0 Å². The molecule has 1 rings (SSSR count). The summed E-state index contributed by atoms with van der Waals surface area (Å²) >= 11 is 0. The van der Waals surface area contributed by atoms with E-state index in [1.807, 2.05) is 37.3 Å². The first kappa shape index (κ1) is 15.7. The van der Waals surface area contributed by atoms with Crippen LogP contribution in [0.25, 0.3) is 11.3 Å². The van der Waals surface area contributed by atoms with Gasteiger partial charge in [0.15, 0.2) is 0 Å². The number of nitrogens with zero attached hydrogens (tertiary/aromatic N) is 2. The zero-order valence-electron chi connectivity index (χ0n) is 11.7. The number of hydrogen-bond donors (Lipinski definition) is 0. The van der Waals surface area contributed by atoms with E-state index in [-0.39, 0.29) is 12.2 Å². The van der Waals surface area contributed by atoms with Gasteiger partial charge in [0.25, 0.3) is 0 Å². The molecule has 0 saturated heterocycles. The second-order valence-electron chi connectivity index (χ2n) is 4.45. The highest BCUT2D eigenvalue weighted by atomic mass is 16.5. The van der Waals surface area contributed by atoms with Gasteiger partial charge >= 0.3 is 12.2 Å². The zero-order valence-corrected chi connectivity index (χ0v) is 11.7. The number of ether oxygens (including phenoxy) is 2. The maximum Gasteiger partial charge on any atom is 0.413 e. The lowest BCUT2D eigenvalue weighted by Gasteiger charge is -2.19. The van der Waals surface area contributed by atoms with Gasteiger partial charge < -0.3 is 15.0 Å². The summed E-state index contributed by atoms with van der Waals surface area (Å²) in [6.07, 6.45) is 0.720. The molecule has 106 valence electrons. The molecule has 0 amide bonds. The highest BCUT2D eigenvalue weighted by molar-refractivity contribution is 6.20. The van der Waals surface area contributed by atoms with Crippen molar-refractivity contribution in [1.82, 2.24) is 0 Å². The van der Waals surface area contributed by atoms with Gasteiger partial charge in [-0.1, -0.05) is 36.9 Å². The van der Waals surface area contributed by atoms with Crippen molar-refractivity contribution in [2.75, 3.05) is 0 Å². The van der Waals surface area contributed by atoms with Crippen LogP contribution in [-0.4, -0.2) is 29.2 Å². The molecule has 1 aromatic rings. The van der Waals surface area contributed by atoms with E-state index >= 15 is 0 Å². The summed E-state index contributed by atoms with van der Waals surface area (Å²) in [6.45, 7) is 7.50. The van der Waals surface area contributed by atoms with Crippen molar-refractivity contribution < 1.29 is 19.1 Å². The Morgan fingerprint density at radius 2 is 1.90 bits per heavy atom. The summed E-state index contributed by atoms with van der Waals surface area (Å²) in [4.78, 5) is 13.7. The summed E-state index contributed by atoms with van der Waals surface area (Å²) in [5.41, 5.74) is 9.12. The van der Waals surface area contributed by atoms with E-state index in [0.29, 0.717) is 18.4 Å². The lowest BCUT2D eigenvalue weighted by Crippen LogP contribution is -2.21. The predicted octanol–water partition coefficient (Wildman–Crippen LogP) is 2.68. The van der Waals surface area contributed by atoms with Crippen molar-refractivity contribution in [3.05, 3.63) is 48.0 Å². The normalized spacial score (nSPS) is 12.7. The van der Waals surface area contributed by atoms with Gasteiger partial charge in [0.1, 0.15) is 11.9 Å². The fourth-order valence-corrected chi connectivity index (χ4v) is 1.77. The number of carbonyl (C=O) groups is 1. The molecule has 0 unspecified atom stereocenters. The van der Waals surface area contributed by atoms with E-state index in [4.69, 9.17) is 15.0 Å². The highest BCUT2D eigenvalue weighted by Gasteiger charge is 2.15. The molecule has 0 fully saturated rings. The summed E-state index contributed by atoms with van der Waals surface area (Å²) in [6, 6.07) is 9.57. The second-order valence-corrected chi connectivity index (χ2v) is 4.45. The summed E-state index contributed by atoms with van der Waals surface area (Å²) in [5.74, 6) is -0.109. The molecular formula is C15H18N2O3. The Hall–Kier alpha value is -2.39. The smallest absolute Gasteiger partial charge is 0.413 e. The molecule has 0 aliphatic rings. The Labute approximate surface area is 118 Å². The van der Waals surface area contributed by atoms with Crippen molar-refractivity contribution in [3.8, 4) is 0 Å². The van der Waals surface area contributed by atoms with Crippen LogP contribution < -0.4 is 0 Å². The van der Waals surface area contributed by atoms with Gasteiger partial charge in [-0.3, -0.25) is 0 Å². The molecule has 0 bridgehead atoms. The molecule has 0 radical (unpaired) electrons. The molecule has 0 saturated carbocycles. The Kier molecular flexibility index (Phi) is 6.20. The molecule has 0 aliphatic carbocycles. The van der Waals surface area contributed by atoms with Crippen LogP contribution in [0.2, 0.25) is 0 Å². The van der Waals surface area contributed by atoms with E-state index in [1.54, 1.807) is 6.92 Å². The van der Waals surface area contributed by atoms with Crippen molar-refractivity contribution >= 4 is 17.9 Å².